The number of aromatic amines is 1. The highest BCUT2D eigenvalue weighted by Gasteiger charge is 2.56. The Bertz CT molecular complexity index is 1630. The minimum atomic E-state index is -1.22. The molecule has 1 aliphatic carbocycles. The molecule has 0 amide bonds. The van der Waals surface area contributed by atoms with Crippen LogP contribution in [0.25, 0.3) is 0 Å². The van der Waals surface area contributed by atoms with Gasteiger partial charge in [-0.15, -0.1) is 0 Å². The summed E-state index contributed by atoms with van der Waals surface area (Å²) in [5.41, 5.74) is -0.281. The van der Waals surface area contributed by atoms with E-state index in [2.05, 4.69) is 4.98 Å². The largest absolute Gasteiger partial charge is 0.497 e. The second kappa shape index (κ2) is 11.5. The van der Waals surface area contributed by atoms with Crippen molar-refractivity contribution in [1.29, 1.82) is 0 Å². The first kappa shape index (κ1) is 28.9. The molecule has 0 unspecified atom stereocenters. The molecular weight excluding hydrogens is 548 g/mol. The van der Waals surface area contributed by atoms with E-state index in [4.69, 9.17) is 18.9 Å². The number of rotatable bonds is 8. The van der Waals surface area contributed by atoms with Gasteiger partial charge >= 0.3 is 5.69 Å². The SMILES string of the molecule is COc1ccc(C(O[C@@H]2CCC[C@]3(O)C[C@H](n4cc(C)c(=O)[nH]c4=O)O[C@H]23)(c2ccccc2)c2ccc(OC)cc2)cc1. The number of hydrogen-bond donors (Lipinski definition) is 2. The minimum absolute atomic E-state index is 0.201. The van der Waals surface area contributed by atoms with Crippen LogP contribution in [0.4, 0.5) is 0 Å². The summed E-state index contributed by atoms with van der Waals surface area (Å²) in [4.78, 5) is 27.1. The van der Waals surface area contributed by atoms with Crippen molar-refractivity contribution in [2.45, 2.75) is 62.2 Å². The molecule has 4 atom stereocenters. The van der Waals surface area contributed by atoms with Crippen LogP contribution in [0, 0.1) is 6.92 Å². The Hall–Kier alpha value is -4.18. The van der Waals surface area contributed by atoms with E-state index >= 15 is 0 Å². The van der Waals surface area contributed by atoms with Crippen molar-refractivity contribution >= 4 is 0 Å². The van der Waals surface area contributed by atoms with Crippen molar-refractivity contribution in [2.75, 3.05) is 14.2 Å². The topological polar surface area (TPSA) is 112 Å². The van der Waals surface area contributed by atoms with E-state index in [9.17, 15) is 14.7 Å². The Labute approximate surface area is 249 Å². The highest BCUT2D eigenvalue weighted by Crippen LogP contribution is 2.50. The van der Waals surface area contributed by atoms with Gasteiger partial charge in [-0.3, -0.25) is 14.3 Å². The third kappa shape index (κ3) is 5.18. The molecule has 0 spiro atoms. The second-order valence-electron chi connectivity index (χ2n) is 11.4. The number of aryl methyl sites for hydroxylation is 1. The molecule has 2 heterocycles. The van der Waals surface area contributed by atoms with Gasteiger partial charge in [0.2, 0.25) is 0 Å². The number of aliphatic hydroxyl groups is 1. The van der Waals surface area contributed by atoms with Gasteiger partial charge in [0.1, 0.15) is 29.4 Å². The Morgan fingerprint density at radius 2 is 1.49 bits per heavy atom. The van der Waals surface area contributed by atoms with Gasteiger partial charge in [-0.2, -0.15) is 0 Å². The number of H-pyrrole nitrogens is 1. The molecule has 43 heavy (non-hydrogen) atoms. The maximum atomic E-state index is 12.8. The summed E-state index contributed by atoms with van der Waals surface area (Å²) >= 11 is 0. The fourth-order valence-corrected chi connectivity index (χ4v) is 6.54. The molecule has 9 nitrogen and oxygen atoms in total. The number of benzene rings is 3. The van der Waals surface area contributed by atoms with Gasteiger partial charge in [-0.1, -0.05) is 54.6 Å². The number of ether oxygens (including phenoxy) is 4. The zero-order valence-electron chi connectivity index (χ0n) is 24.5. The van der Waals surface area contributed by atoms with Crippen LogP contribution in [0.1, 0.15) is 54.2 Å². The van der Waals surface area contributed by atoms with E-state index in [1.807, 2.05) is 78.9 Å². The molecule has 1 saturated heterocycles. The van der Waals surface area contributed by atoms with Gasteiger partial charge in [0.25, 0.3) is 5.56 Å². The average molecular weight is 585 g/mol. The zero-order chi connectivity index (χ0) is 30.2. The molecule has 2 N–H and O–H groups in total. The standard InChI is InChI=1S/C34H36N2O7/c1-22-21-36(32(38)35-31(22)37)29-20-33(39)19-7-10-28(30(33)42-29)43-34(23-8-5-4-6-9-23,24-11-15-26(40-2)16-12-24)25-13-17-27(41-3)18-14-25/h4-6,8-9,11-18,21,28-30,39H,7,10,19-20H2,1-3H3,(H,35,37,38)/t28-,29-,30-,33+/m1/s1. The van der Waals surface area contributed by atoms with Crippen LogP contribution < -0.4 is 20.7 Å². The predicted molar refractivity (Wildman–Crippen MR) is 161 cm³/mol. The van der Waals surface area contributed by atoms with Crippen LogP contribution in [0.15, 0.2) is 94.6 Å². The summed E-state index contributed by atoms with van der Waals surface area (Å²) in [5.74, 6) is 1.44. The minimum Gasteiger partial charge on any atom is -0.497 e. The lowest BCUT2D eigenvalue weighted by Gasteiger charge is -2.45. The van der Waals surface area contributed by atoms with Crippen molar-refractivity contribution in [1.82, 2.24) is 9.55 Å². The number of hydrogen-bond acceptors (Lipinski definition) is 7. The number of methoxy groups -OCH3 is 2. The fraction of sp³-hybridized carbons (Fsp3) is 0.353. The molecule has 2 aliphatic rings. The third-order valence-corrected chi connectivity index (χ3v) is 8.76. The first-order valence-electron chi connectivity index (χ1n) is 14.5. The molecule has 2 fully saturated rings. The summed E-state index contributed by atoms with van der Waals surface area (Å²) in [6.07, 6.45) is 1.54. The lowest BCUT2D eigenvalue weighted by Crippen LogP contribution is -2.53. The van der Waals surface area contributed by atoms with Crippen LogP contribution in [-0.2, 0) is 15.1 Å². The monoisotopic (exact) mass is 584 g/mol. The average Bonchev–Trinajstić information content (AvgIpc) is 3.40. The van der Waals surface area contributed by atoms with E-state index in [1.165, 1.54) is 10.8 Å². The predicted octanol–water partition coefficient (Wildman–Crippen LogP) is 4.44. The van der Waals surface area contributed by atoms with Crippen LogP contribution in [0.2, 0.25) is 0 Å². The van der Waals surface area contributed by atoms with Gasteiger partial charge in [0.05, 0.1) is 25.9 Å². The summed E-state index contributed by atoms with van der Waals surface area (Å²) in [7, 11) is 3.26. The third-order valence-electron chi connectivity index (χ3n) is 8.76. The van der Waals surface area contributed by atoms with Crippen LogP contribution in [-0.4, -0.2) is 46.7 Å². The smallest absolute Gasteiger partial charge is 0.330 e. The molecule has 9 heteroatoms. The van der Waals surface area contributed by atoms with Gasteiger partial charge in [0.15, 0.2) is 0 Å². The van der Waals surface area contributed by atoms with Crippen molar-refractivity contribution in [2.24, 2.45) is 0 Å². The highest BCUT2D eigenvalue weighted by atomic mass is 16.6. The zero-order valence-corrected chi connectivity index (χ0v) is 24.5. The first-order chi connectivity index (χ1) is 20.8. The molecular formula is C34H36N2O7. The summed E-state index contributed by atoms with van der Waals surface area (Å²) in [6.45, 7) is 1.63. The summed E-state index contributed by atoms with van der Waals surface area (Å²) < 4.78 is 26.1. The van der Waals surface area contributed by atoms with Crippen molar-refractivity contribution < 1.29 is 24.1 Å². The highest BCUT2D eigenvalue weighted by molar-refractivity contribution is 5.50. The Morgan fingerprint density at radius 3 is 2.07 bits per heavy atom. The second-order valence-corrected chi connectivity index (χ2v) is 11.4. The van der Waals surface area contributed by atoms with Crippen LogP contribution >= 0.6 is 0 Å². The van der Waals surface area contributed by atoms with Gasteiger partial charge in [0, 0.05) is 18.2 Å². The molecule has 224 valence electrons. The van der Waals surface area contributed by atoms with Gasteiger partial charge in [-0.05, 0) is 67.1 Å². The van der Waals surface area contributed by atoms with Gasteiger partial charge in [-0.25, -0.2) is 4.79 Å². The Morgan fingerprint density at radius 1 is 0.907 bits per heavy atom. The van der Waals surface area contributed by atoms with E-state index in [-0.39, 0.29) is 6.42 Å². The molecule has 0 radical (unpaired) electrons. The normalized spacial score (nSPS) is 23.5. The number of nitrogens with one attached hydrogen (secondary N) is 1. The molecule has 3 aromatic carbocycles. The van der Waals surface area contributed by atoms with E-state index in [1.54, 1.807) is 21.1 Å². The van der Waals surface area contributed by atoms with Gasteiger partial charge < -0.3 is 24.1 Å². The maximum Gasteiger partial charge on any atom is 0.330 e. The molecule has 0 bridgehead atoms. The quantitative estimate of drug-likeness (QED) is 0.295. The number of fused-ring (bicyclic) bond motifs is 1. The number of nitrogens with zero attached hydrogens (tertiary/aromatic N) is 1. The molecule has 1 aromatic heterocycles. The Kier molecular flexibility index (Phi) is 7.72. The summed E-state index contributed by atoms with van der Waals surface area (Å²) in [5, 5.41) is 11.9. The maximum absolute atomic E-state index is 12.8. The fourth-order valence-electron chi connectivity index (χ4n) is 6.54. The van der Waals surface area contributed by atoms with Crippen molar-refractivity contribution in [3.63, 3.8) is 0 Å². The van der Waals surface area contributed by atoms with E-state index < -0.39 is 40.9 Å². The van der Waals surface area contributed by atoms with Crippen molar-refractivity contribution in [3.05, 3.63) is 128 Å². The molecule has 1 aliphatic heterocycles. The van der Waals surface area contributed by atoms with Crippen molar-refractivity contribution in [3.8, 4) is 11.5 Å². The van der Waals surface area contributed by atoms with Crippen LogP contribution in [0.5, 0.6) is 11.5 Å². The lowest BCUT2D eigenvalue weighted by molar-refractivity contribution is -0.183. The molecule has 4 aromatic rings. The number of aromatic nitrogens is 2. The van der Waals surface area contributed by atoms with E-state index in [0.717, 1.165) is 28.2 Å². The first-order valence-corrected chi connectivity index (χ1v) is 14.5. The summed E-state index contributed by atoms with van der Waals surface area (Å²) in [6, 6.07) is 25.6. The van der Waals surface area contributed by atoms with Crippen LogP contribution in [0.3, 0.4) is 0 Å². The van der Waals surface area contributed by atoms with E-state index in [0.29, 0.717) is 24.8 Å². The molecule has 1 saturated carbocycles. The molecule has 6 rings (SSSR count). The lowest BCUT2D eigenvalue weighted by atomic mass is 9.77. The Balaban J connectivity index is 1.47.